The van der Waals surface area contributed by atoms with Crippen molar-refractivity contribution in [2.45, 2.75) is 57.8 Å². The first-order chi connectivity index (χ1) is 8.19. The number of aliphatic carboxylic acids is 1. The van der Waals surface area contributed by atoms with Crippen LogP contribution in [0, 0.1) is 5.92 Å². The summed E-state index contributed by atoms with van der Waals surface area (Å²) in [6.07, 6.45) is -0.218. The van der Waals surface area contributed by atoms with Gasteiger partial charge in [-0.1, -0.05) is 0 Å². The van der Waals surface area contributed by atoms with Gasteiger partial charge in [-0.05, 0) is 40.0 Å². The molecular weight excluding hydrogens is 238 g/mol. The Labute approximate surface area is 106 Å². The molecule has 3 atom stereocenters. The molecule has 6 heteroatoms. The van der Waals surface area contributed by atoms with Crippen LogP contribution in [0.1, 0.15) is 40.0 Å². The molecule has 0 radical (unpaired) electrons. The molecule has 0 aliphatic heterocycles. The number of carbonyl (C=O) groups excluding carboxylic acids is 1. The van der Waals surface area contributed by atoms with Crippen molar-refractivity contribution in [3.8, 4) is 0 Å². The van der Waals surface area contributed by atoms with Crippen molar-refractivity contribution in [2.75, 3.05) is 0 Å². The van der Waals surface area contributed by atoms with Crippen molar-refractivity contribution < 1.29 is 24.5 Å². The molecule has 0 saturated heterocycles. The molecule has 0 heterocycles. The zero-order valence-corrected chi connectivity index (χ0v) is 11.0. The Balaban J connectivity index is 2.49. The Kier molecular flexibility index (Phi) is 4.56. The molecule has 0 aromatic carbocycles. The lowest BCUT2D eigenvalue weighted by atomic mass is 9.83. The summed E-state index contributed by atoms with van der Waals surface area (Å²) in [5.41, 5.74) is -0.579. The minimum Gasteiger partial charge on any atom is -0.481 e. The molecule has 3 N–H and O–H groups in total. The molecule has 1 aliphatic rings. The first kappa shape index (κ1) is 14.8. The number of carboxylic acid groups (broad SMARTS) is 1. The predicted octanol–water partition coefficient (Wildman–Crippen LogP) is 1.13. The number of ether oxygens (including phenoxy) is 1. The topological polar surface area (TPSA) is 95.9 Å². The Morgan fingerprint density at radius 3 is 2.39 bits per heavy atom. The number of alkyl carbamates (subject to hydrolysis) is 1. The van der Waals surface area contributed by atoms with Crippen LogP contribution in [-0.2, 0) is 9.53 Å². The van der Waals surface area contributed by atoms with E-state index >= 15 is 0 Å². The fourth-order valence-electron chi connectivity index (χ4n) is 2.03. The van der Waals surface area contributed by atoms with Gasteiger partial charge < -0.3 is 20.3 Å². The minimum atomic E-state index is -1.03. The number of carbonyl (C=O) groups is 2. The van der Waals surface area contributed by atoms with E-state index in [4.69, 9.17) is 9.84 Å². The first-order valence-electron chi connectivity index (χ1n) is 6.09. The third-order valence-corrected chi connectivity index (χ3v) is 2.85. The first-order valence-corrected chi connectivity index (χ1v) is 6.09. The maximum atomic E-state index is 11.5. The summed E-state index contributed by atoms with van der Waals surface area (Å²) in [6, 6.07) is -0.260. The van der Waals surface area contributed by atoms with Gasteiger partial charge in [-0.25, -0.2) is 4.79 Å². The smallest absolute Gasteiger partial charge is 0.407 e. The van der Waals surface area contributed by atoms with Crippen LogP contribution in [0.5, 0.6) is 0 Å². The Bertz CT molecular complexity index is 323. The molecule has 1 saturated carbocycles. The summed E-state index contributed by atoms with van der Waals surface area (Å²) >= 11 is 0. The van der Waals surface area contributed by atoms with Crippen molar-refractivity contribution in [3.63, 3.8) is 0 Å². The van der Waals surface area contributed by atoms with E-state index in [0.29, 0.717) is 12.8 Å². The van der Waals surface area contributed by atoms with Gasteiger partial charge in [-0.3, -0.25) is 4.79 Å². The van der Waals surface area contributed by atoms with Gasteiger partial charge in [0.2, 0.25) is 0 Å². The molecule has 1 fully saturated rings. The van der Waals surface area contributed by atoms with Crippen LogP contribution in [0.4, 0.5) is 4.79 Å². The monoisotopic (exact) mass is 259 g/mol. The predicted molar refractivity (Wildman–Crippen MR) is 64.1 cm³/mol. The maximum absolute atomic E-state index is 11.5. The summed E-state index contributed by atoms with van der Waals surface area (Å²) in [7, 11) is 0. The van der Waals surface area contributed by atoms with Crippen LogP contribution in [0.2, 0.25) is 0 Å². The number of hydrogen-bond donors (Lipinski definition) is 3. The summed E-state index contributed by atoms with van der Waals surface area (Å²) < 4.78 is 5.10. The number of amides is 1. The second-order valence-electron chi connectivity index (χ2n) is 5.67. The van der Waals surface area contributed by atoms with Crippen molar-refractivity contribution >= 4 is 12.1 Å². The number of carboxylic acids is 1. The van der Waals surface area contributed by atoms with Crippen LogP contribution in [0.15, 0.2) is 0 Å². The fourth-order valence-corrected chi connectivity index (χ4v) is 2.03. The highest BCUT2D eigenvalue weighted by molar-refractivity contribution is 5.71. The van der Waals surface area contributed by atoms with Gasteiger partial charge in [-0.15, -0.1) is 0 Å². The number of rotatable bonds is 2. The third-order valence-electron chi connectivity index (χ3n) is 2.85. The molecule has 3 unspecified atom stereocenters. The summed E-state index contributed by atoms with van der Waals surface area (Å²) in [4.78, 5) is 22.5. The van der Waals surface area contributed by atoms with Crippen LogP contribution >= 0.6 is 0 Å². The molecule has 0 aromatic rings. The quantitative estimate of drug-likeness (QED) is 0.690. The maximum Gasteiger partial charge on any atom is 0.407 e. The standard InChI is InChI=1S/C12H21NO5/c1-12(2,3)18-11(17)13-7-4-5-9(14)8(6-7)10(15)16/h7-9,14H,4-6H2,1-3H3,(H,13,17)(H,15,16). The summed E-state index contributed by atoms with van der Waals surface area (Å²) in [6.45, 7) is 5.28. The van der Waals surface area contributed by atoms with Crippen LogP contribution in [0.3, 0.4) is 0 Å². The van der Waals surface area contributed by atoms with Gasteiger partial charge in [0.15, 0.2) is 0 Å². The average molecular weight is 259 g/mol. The van der Waals surface area contributed by atoms with Crippen molar-refractivity contribution in [1.29, 1.82) is 0 Å². The van der Waals surface area contributed by atoms with E-state index in [2.05, 4.69) is 5.32 Å². The number of aliphatic hydroxyl groups is 1. The number of aliphatic hydroxyl groups excluding tert-OH is 1. The van der Waals surface area contributed by atoms with E-state index < -0.39 is 29.7 Å². The van der Waals surface area contributed by atoms with Crippen LogP contribution < -0.4 is 5.32 Å². The van der Waals surface area contributed by atoms with E-state index in [1.807, 2.05) is 0 Å². The highest BCUT2D eigenvalue weighted by atomic mass is 16.6. The lowest BCUT2D eigenvalue weighted by Gasteiger charge is -2.31. The number of hydrogen-bond acceptors (Lipinski definition) is 4. The Hall–Kier alpha value is -1.30. The SMILES string of the molecule is CC(C)(C)OC(=O)NC1CCC(O)C(C(=O)O)C1. The molecule has 6 nitrogen and oxygen atoms in total. The van der Waals surface area contributed by atoms with Crippen molar-refractivity contribution in [1.82, 2.24) is 5.32 Å². The zero-order valence-electron chi connectivity index (χ0n) is 11.0. The largest absolute Gasteiger partial charge is 0.481 e. The highest BCUT2D eigenvalue weighted by Gasteiger charge is 2.35. The molecule has 1 aliphatic carbocycles. The highest BCUT2D eigenvalue weighted by Crippen LogP contribution is 2.25. The molecule has 0 aromatic heterocycles. The zero-order chi connectivity index (χ0) is 13.9. The van der Waals surface area contributed by atoms with Crippen molar-refractivity contribution in [2.24, 2.45) is 5.92 Å². The number of nitrogens with one attached hydrogen (secondary N) is 1. The third kappa shape index (κ3) is 4.52. The molecule has 104 valence electrons. The molecular formula is C12H21NO5. The second-order valence-corrected chi connectivity index (χ2v) is 5.67. The molecule has 0 spiro atoms. The fraction of sp³-hybridized carbons (Fsp3) is 0.833. The Morgan fingerprint density at radius 1 is 1.28 bits per heavy atom. The Morgan fingerprint density at radius 2 is 1.89 bits per heavy atom. The lowest BCUT2D eigenvalue weighted by molar-refractivity contribution is -0.147. The van der Waals surface area contributed by atoms with E-state index in [1.54, 1.807) is 20.8 Å². The van der Waals surface area contributed by atoms with Gasteiger partial charge in [0.05, 0.1) is 12.0 Å². The van der Waals surface area contributed by atoms with Gasteiger partial charge >= 0.3 is 12.1 Å². The molecule has 1 rings (SSSR count). The van der Waals surface area contributed by atoms with Gasteiger partial charge in [0.25, 0.3) is 0 Å². The van der Waals surface area contributed by atoms with Gasteiger partial charge in [-0.2, -0.15) is 0 Å². The lowest BCUT2D eigenvalue weighted by Crippen LogP contribution is -2.46. The second kappa shape index (κ2) is 5.56. The van der Waals surface area contributed by atoms with E-state index in [1.165, 1.54) is 0 Å². The summed E-state index contributed by atoms with van der Waals surface area (Å²) in [5, 5.41) is 21.1. The van der Waals surface area contributed by atoms with E-state index in [0.717, 1.165) is 0 Å². The minimum absolute atomic E-state index is 0.232. The normalized spacial score (nSPS) is 28.6. The van der Waals surface area contributed by atoms with Crippen molar-refractivity contribution in [3.05, 3.63) is 0 Å². The molecule has 18 heavy (non-hydrogen) atoms. The summed E-state index contributed by atoms with van der Waals surface area (Å²) in [5.74, 6) is -1.85. The average Bonchev–Trinajstić information content (AvgIpc) is 2.17. The van der Waals surface area contributed by atoms with Crippen LogP contribution in [-0.4, -0.2) is 40.0 Å². The van der Waals surface area contributed by atoms with E-state index in [9.17, 15) is 14.7 Å². The van der Waals surface area contributed by atoms with Gasteiger partial charge in [0.1, 0.15) is 5.60 Å². The molecule has 1 amide bonds. The van der Waals surface area contributed by atoms with E-state index in [-0.39, 0.29) is 12.5 Å². The molecule has 0 bridgehead atoms. The van der Waals surface area contributed by atoms with Gasteiger partial charge in [0, 0.05) is 6.04 Å². The van der Waals surface area contributed by atoms with Crippen LogP contribution in [0.25, 0.3) is 0 Å².